The molecule has 220 valence electrons. The maximum atomic E-state index is 4.38. The highest BCUT2D eigenvalue weighted by Crippen LogP contribution is 2.35. The Morgan fingerprint density at radius 3 is 1.24 bits per heavy atom. The Hall–Kier alpha value is -6.27. The lowest BCUT2D eigenvalue weighted by molar-refractivity contribution is 0.776. The highest BCUT2D eigenvalue weighted by atomic mass is 15.3. The summed E-state index contributed by atoms with van der Waals surface area (Å²) in [6, 6.07) is 47.3. The first-order valence-corrected chi connectivity index (χ1v) is 15.2. The van der Waals surface area contributed by atoms with E-state index in [0.29, 0.717) is 0 Å². The quantitative estimate of drug-likeness (QED) is 0.185. The van der Waals surface area contributed by atoms with Crippen LogP contribution in [-0.2, 0) is 7.05 Å². The van der Waals surface area contributed by atoms with E-state index in [4.69, 9.17) is 0 Å². The first kappa shape index (κ1) is 27.3. The Morgan fingerprint density at radius 1 is 0.370 bits per heavy atom. The molecule has 8 rings (SSSR count). The van der Waals surface area contributed by atoms with E-state index in [9.17, 15) is 0 Å². The lowest BCUT2D eigenvalue weighted by Crippen LogP contribution is -1.94. The third kappa shape index (κ3) is 5.33. The second-order valence-electron chi connectivity index (χ2n) is 11.3. The van der Waals surface area contributed by atoms with Crippen molar-refractivity contribution in [3.63, 3.8) is 0 Å². The van der Waals surface area contributed by atoms with E-state index in [0.717, 1.165) is 56.0 Å². The number of nitrogens with zero attached hydrogens (tertiary/aromatic N) is 6. The molecular formula is C40H30N6. The van der Waals surface area contributed by atoms with E-state index in [1.54, 1.807) is 12.4 Å². The van der Waals surface area contributed by atoms with E-state index in [2.05, 4.69) is 131 Å². The van der Waals surface area contributed by atoms with Gasteiger partial charge in [-0.1, -0.05) is 66.7 Å². The van der Waals surface area contributed by atoms with Crippen molar-refractivity contribution in [3.05, 3.63) is 164 Å². The molecule has 0 bridgehead atoms. The van der Waals surface area contributed by atoms with Gasteiger partial charge in [0.25, 0.3) is 0 Å². The highest BCUT2D eigenvalue weighted by molar-refractivity contribution is 5.82. The molecule has 46 heavy (non-hydrogen) atoms. The predicted molar refractivity (Wildman–Crippen MR) is 185 cm³/mol. The summed E-state index contributed by atoms with van der Waals surface area (Å²) in [7, 11) is 1.97. The zero-order chi connectivity index (χ0) is 30.9. The maximum absolute atomic E-state index is 4.38. The van der Waals surface area contributed by atoms with Crippen LogP contribution in [-0.4, -0.2) is 29.3 Å². The number of benzene rings is 5. The normalized spacial score (nSPS) is 11.2. The molecule has 0 atom stereocenters. The smallest absolute Gasteiger partial charge is 0.0679 e. The van der Waals surface area contributed by atoms with Gasteiger partial charge in [-0.25, -0.2) is 9.36 Å². The van der Waals surface area contributed by atoms with Crippen molar-refractivity contribution in [2.45, 2.75) is 0 Å². The second kappa shape index (κ2) is 11.7. The minimum atomic E-state index is 1.03. The molecule has 3 aromatic heterocycles. The predicted octanol–water partition coefficient (Wildman–Crippen LogP) is 9.13. The molecule has 0 radical (unpaired) electrons. The van der Waals surface area contributed by atoms with Gasteiger partial charge in [-0.05, 0) is 111 Å². The molecule has 6 heteroatoms. The average Bonchev–Trinajstić information content (AvgIpc) is 3.93. The first-order chi connectivity index (χ1) is 22.7. The zero-order valence-electron chi connectivity index (χ0n) is 25.3. The van der Waals surface area contributed by atoms with Gasteiger partial charge < -0.3 is 0 Å². The van der Waals surface area contributed by atoms with Gasteiger partial charge in [0.2, 0.25) is 0 Å². The molecule has 5 aromatic carbocycles. The van der Waals surface area contributed by atoms with E-state index >= 15 is 0 Å². The van der Waals surface area contributed by atoms with E-state index in [1.165, 1.54) is 11.1 Å². The summed E-state index contributed by atoms with van der Waals surface area (Å²) in [6.45, 7) is 0. The van der Waals surface area contributed by atoms with Crippen LogP contribution < -0.4 is 0 Å². The van der Waals surface area contributed by atoms with Crippen molar-refractivity contribution >= 4 is 0 Å². The second-order valence-corrected chi connectivity index (χ2v) is 11.3. The fourth-order valence-corrected chi connectivity index (χ4v) is 5.95. The number of hydrogen-bond donors (Lipinski definition) is 0. The van der Waals surface area contributed by atoms with Gasteiger partial charge in [0.15, 0.2) is 0 Å². The molecule has 0 aliphatic heterocycles. The van der Waals surface area contributed by atoms with Crippen LogP contribution in [0.15, 0.2) is 164 Å². The molecule has 3 heterocycles. The van der Waals surface area contributed by atoms with Gasteiger partial charge in [0, 0.05) is 43.6 Å². The van der Waals surface area contributed by atoms with Crippen LogP contribution in [0.2, 0.25) is 0 Å². The summed E-state index contributed by atoms with van der Waals surface area (Å²) in [4.78, 5) is 0. The lowest BCUT2D eigenvalue weighted by Gasteiger charge is -2.13. The summed E-state index contributed by atoms with van der Waals surface area (Å²) in [6.07, 6.45) is 9.34. The molecule has 0 N–H and O–H groups in total. The molecular weight excluding hydrogens is 564 g/mol. The topological polar surface area (TPSA) is 53.5 Å². The summed E-state index contributed by atoms with van der Waals surface area (Å²) >= 11 is 0. The Kier molecular flexibility index (Phi) is 6.92. The number of aromatic nitrogens is 6. The fourth-order valence-electron chi connectivity index (χ4n) is 5.95. The number of aryl methyl sites for hydroxylation is 1. The summed E-state index contributed by atoms with van der Waals surface area (Å²) in [5.74, 6) is 0. The third-order valence-corrected chi connectivity index (χ3v) is 8.40. The Labute approximate surface area is 267 Å². The van der Waals surface area contributed by atoms with Crippen LogP contribution in [0.1, 0.15) is 0 Å². The molecule has 0 aliphatic carbocycles. The molecule has 0 aliphatic rings. The molecule has 6 nitrogen and oxygen atoms in total. The van der Waals surface area contributed by atoms with E-state index in [1.807, 2.05) is 57.9 Å². The minimum absolute atomic E-state index is 1.03. The SMILES string of the molecule is Cn1nccc1-c1cccc(-c2ccc(-c3cc(-c4ccc(-n5cccn5)cc4)cc(-c4ccc(-n5cccn5)cc4)c3)cc2)c1. The Morgan fingerprint density at radius 2 is 0.804 bits per heavy atom. The molecule has 0 saturated carbocycles. The van der Waals surface area contributed by atoms with Crippen LogP contribution in [0.25, 0.3) is 67.1 Å². The summed E-state index contributed by atoms with van der Waals surface area (Å²) in [5, 5.41) is 13.1. The van der Waals surface area contributed by atoms with Gasteiger partial charge >= 0.3 is 0 Å². The molecule has 8 aromatic rings. The van der Waals surface area contributed by atoms with Crippen molar-refractivity contribution in [3.8, 4) is 67.1 Å². The van der Waals surface area contributed by atoms with Gasteiger partial charge in [-0.2, -0.15) is 15.3 Å². The molecule has 0 unspecified atom stereocenters. The van der Waals surface area contributed by atoms with E-state index in [-0.39, 0.29) is 0 Å². The minimum Gasteiger partial charge on any atom is -0.268 e. The summed E-state index contributed by atoms with van der Waals surface area (Å²) < 4.78 is 5.66. The first-order valence-electron chi connectivity index (χ1n) is 15.2. The Bertz CT molecular complexity index is 2130. The molecule has 0 saturated heterocycles. The van der Waals surface area contributed by atoms with Gasteiger partial charge in [0.1, 0.15) is 0 Å². The molecule has 0 spiro atoms. The largest absolute Gasteiger partial charge is 0.268 e. The van der Waals surface area contributed by atoms with Crippen molar-refractivity contribution < 1.29 is 0 Å². The fraction of sp³-hybridized carbons (Fsp3) is 0.0250. The standard InChI is InChI=1S/C40H30N6/c1-44-40(19-22-41-44)34-6-2-5-33(25-34)29-7-9-30(10-8-29)35-26-36(31-11-15-38(16-12-31)45-23-3-20-42-45)28-37(27-35)32-13-17-39(18-14-32)46-24-4-21-43-46/h2-28H,1H3. The van der Waals surface area contributed by atoms with Crippen LogP contribution in [0, 0.1) is 0 Å². The zero-order valence-corrected chi connectivity index (χ0v) is 25.3. The van der Waals surface area contributed by atoms with Gasteiger partial charge in [-0.15, -0.1) is 0 Å². The van der Waals surface area contributed by atoms with Crippen molar-refractivity contribution in [1.29, 1.82) is 0 Å². The van der Waals surface area contributed by atoms with Crippen molar-refractivity contribution in [1.82, 2.24) is 29.3 Å². The van der Waals surface area contributed by atoms with Gasteiger partial charge in [0.05, 0.1) is 17.1 Å². The third-order valence-electron chi connectivity index (χ3n) is 8.40. The van der Waals surface area contributed by atoms with Crippen LogP contribution >= 0.6 is 0 Å². The maximum Gasteiger partial charge on any atom is 0.0679 e. The van der Waals surface area contributed by atoms with Crippen LogP contribution in [0.4, 0.5) is 0 Å². The Balaban J connectivity index is 1.17. The van der Waals surface area contributed by atoms with E-state index < -0.39 is 0 Å². The van der Waals surface area contributed by atoms with Gasteiger partial charge in [-0.3, -0.25) is 4.68 Å². The lowest BCUT2D eigenvalue weighted by atomic mass is 9.92. The van der Waals surface area contributed by atoms with Crippen molar-refractivity contribution in [2.24, 2.45) is 7.05 Å². The number of rotatable bonds is 7. The monoisotopic (exact) mass is 594 g/mol. The average molecular weight is 595 g/mol. The van der Waals surface area contributed by atoms with Crippen LogP contribution in [0.3, 0.4) is 0 Å². The van der Waals surface area contributed by atoms with Crippen molar-refractivity contribution in [2.75, 3.05) is 0 Å². The highest BCUT2D eigenvalue weighted by Gasteiger charge is 2.10. The summed E-state index contributed by atoms with van der Waals surface area (Å²) in [5.41, 5.74) is 13.6. The number of hydrogen-bond acceptors (Lipinski definition) is 3. The molecule has 0 amide bonds. The molecule has 0 fully saturated rings. The van der Waals surface area contributed by atoms with Crippen LogP contribution in [0.5, 0.6) is 0 Å².